The maximum atomic E-state index is 10.4. The van der Waals surface area contributed by atoms with Crippen LogP contribution in [-0.4, -0.2) is 14.9 Å². The zero-order valence-corrected chi connectivity index (χ0v) is 12.5. The van der Waals surface area contributed by atoms with Gasteiger partial charge in [-0.3, -0.25) is 4.68 Å². The molecule has 0 saturated carbocycles. The fraction of sp³-hybridized carbons (Fsp3) is 0.417. The van der Waals surface area contributed by atoms with Crippen molar-refractivity contribution >= 4 is 27.3 Å². The average Bonchev–Trinajstić information content (AvgIpc) is 2.82. The third-order valence-corrected chi connectivity index (χ3v) is 4.66. The highest BCUT2D eigenvalue weighted by Gasteiger charge is 2.21. The zero-order chi connectivity index (χ0) is 12.6. The third kappa shape index (κ3) is 2.32. The van der Waals surface area contributed by atoms with Crippen LogP contribution in [0, 0.1) is 13.8 Å². The van der Waals surface area contributed by atoms with E-state index >= 15 is 0 Å². The molecule has 1 N–H and O–H groups in total. The van der Waals surface area contributed by atoms with Gasteiger partial charge in [0.1, 0.15) is 6.10 Å². The van der Waals surface area contributed by atoms with Crippen LogP contribution in [-0.2, 0) is 6.54 Å². The molecule has 3 nitrogen and oxygen atoms in total. The number of hydrogen-bond acceptors (Lipinski definition) is 3. The molecule has 0 aliphatic carbocycles. The van der Waals surface area contributed by atoms with Gasteiger partial charge in [-0.15, -0.1) is 11.3 Å². The van der Waals surface area contributed by atoms with Gasteiger partial charge >= 0.3 is 0 Å². The zero-order valence-electron chi connectivity index (χ0n) is 10.1. The summed E-state index contributed by atoms with van der Waals surface area (Å²) in [5.41, 5.74) is 2.05. The number of nitrogens with zero attached hydrogens (tertiary/aromatic N) is 2. The van der Waals surface area contributed by atoms with Crippen LogP contribution in [0.5, 0.6) is 0 Å². The molecule has 2 aromatic rings. The van der Waals surface area contributed by atoms with Crippen molar-refractivity contribution in [3.8, 4) is 0 Å². The second-order valence-electron chi connectivity index (χ2n) is 3.98. The molecule has 0 fully saturated rings. The van der Waals surface area contributed by atoms with Crippen LogP contribution in [0.25, 0.3) is 0 Å². The molecule has 2 rings (SSSR count). The number of aliphatic hydroxyl groups excluding tert-OH is 1. The lowest BCUT2D eigenvalue weighted by atomic mass is 10.2. The fourth-order valence-electron chi connectivity index (χ4n) is 1.77. The van der Waals surface area contributed by atoms with E-state index in [2.05, 4.69) is 34.9 Å². The number of aryl methyl sites for hydroxylation is 3. The number of rotatable bonds is 3. The van der Waals surface area contributed by atoms with Crippen molar-refractivity contribution in [3.05, 3.63) is 37.7 Å². The molecule has 0 amide bonds. The Bertz CT molecular complexity index is 513. The lowest BCUT2D eigenvalue weighted by molar-refractivity contribution is 0.211. The molecule has 2 heterocycles. The summed E-state index contributed by atoms with van der Waals surface area (Å²) >= 11 is 5.08. The van der Waals surface area contributed by atoms with Gasteiger partial charge in [0.05, 0.1) is 16.4 Å². The summed E-state index contributed by atoms with van der Waals surface area (Å²) in [5, 5.41) is 14.7. The first-order valence-electron chi connectivity index (χ1n) is 5.50. The highest BCUT2D eigenvalue weighted by atomic mass is 79.9. The molecule has 0 bridgehead atoms. The Labute approximate surface area is 113 Å². The number of halogens is 1. The van der Waals surface area contributed by atoms with Gasteiger partial charge in [0, 0.05) is 16.3 Å². The van der Waals surface area contributed by atoms with E-state index in [9.17, 15) is 5.11 Å². The Morgan fingerprint density at radius 1 is 1.53 bits per heavy atom. The SMILES string of the molecule is CCn1ncc(Br)c1C(O)c1cc(C)c(C)s1. The first-order valence-corrected chi connectivity index (χ1v) is 7.11. The van der Waals surface area contributed by atoms with Crippen LogP contribution in [0.2, 0.25) is 0 Å². The second-order valence-corrected chi connectivity index (χ2v) is 6.13. The second kappa shape index (κ2) is 4.92. The Balaban J connectivity index is 2.42. The van der Waals surface area contributed by atoms with E-state index in [0.29, 0.717) is 0 Å². The Kier molecular flexibility index (Phi) is 3.70. The van der Waals surface area contributed by atoms with Crippen molar-refractivity contribution < 1.29 is 5.11 Å². The molecule has 0 saturated heterocycles. The summed E-state index contributed by atoms with van der Waals surface area (Å²) in [6.07, 6.45) is 1.12. The topological polar surface area (TPSA) is 38.0 Å². The molecule has 1 atom stereocenters. The number of thiophene rings is 1. The maximum absolute atomic E-state index is 10.4. The predicted octanol–water partition coefficient (Wildman–Crippen LogP) is 3.43. The quantitative estimate of drug-likeness (QED) is 0.942. The minimum atomic E-state index is -0.607. The minimum absolute atomic E-state index is 0.607. The number of aliphatic hydroxyl groups is 1. The Morgan fingerprint density at radius 2 is 2.24 bits per heavy atom. The average molecular weight is 315 g/mol. The molecule has 2 aromatic heterocycles. The molecule has 1 unspecified atom stereocenters. The van der Waals surface area contributed by atoms with Crippen molar-refractivity contribution in [2.24, 2.45) is 0 Å². The largest absolute Gasteiger partial charge is 0.381 e. The van der Waals surface area contributed by atoms with Crippen LogP contribution < -0.4 is 0 Å². The first kappa shape index (κ1) is 12.8. The van der Waals surface area contributed by atoms with Crippen LogP contribution >= 0.6 is 27.3 Å². The molecule has 17 heavy (non-hydrogen) atoms. The highest BCUT2D eigenvalue weighted by molar-refractivity contribution is 9.10. The molecule has 0 spiro atoms. The van der Waals surface area contributed by atoms with Gasteiger partial charge in [0.2, 0.25) is 0 Å². The monoisotopic (exact) mass is 314 g/mol. The molecular formula is C12H15BrN2OS. The van der Waals surface area contributed by atoms with E-state index in [4.69, 9.17) is 0 Å². The van der Waals surface area contributed by atoms with Crippen molar-refractivity contribution in [1.82, 2.24) is 9.78 Å². The fourth-order valence-corrected chi connectivity index (χ4v) is 3.31. The van der Waals surface area contributed by atoms with E-state index < -0.39 is 6.10 Å². The Morgan fingerprint density at radius 3 is 2.76 bits per heavy atom. The van der Waals surface area contributed by atoms with Crippen LogP contribution in [0.3, 0.4) is 0 Å². The van der Waals surface area contributed by atoms with Gasteiger partial charge in [0.15, 0.2) is 0 Å². The van der Waals surface area contributed by atoms with Crippen molar-refractivity contribution in [2.75, 3.05) is 0 Å². The van der Waals surface area contributed by atoms with Gasteiger partial charge < -0.3 is 5.11 Å². The number of hydrogen-bond donors (Lipinski definition) is 1. The van der Waals surface area contributed by atoms with Gasteiger partial charge in [-0.1, -0.05) is 0 Å². The standard InChI is InChI=1S/C12H15BrN2OS/c1-4-15-11(9(13)6-14-15)12(16)10-5-7(2)8(3)17-10/h5-6,12,16H,4H2,1-3H3. The smallest absolute Gasteiger partial charge is 0.131 e. The number of aromatic nitrogens is 2. The van der Waals surface area contributed by atoms with Gasteiger partial charge in [-0.05, 0) is 48.3 Å². The predicted molar refractivity (Wildman–Crippen MR) is 73.5 cm³/mol. The van der Waals surface area contributed by atoms with E-state index in [-0.39, 0.29) is 0 Å². The normalized spacial score (nSPS) is 13.0. The molecule has 0 aliphatic rings. The van der Waals surface area contributed by atoms with E-state index in [0.717, 1.165) is 21.6 Å². The van der Waals surface area contributed by atoms with Crippen molar-refractivity contribution in [2.45, 2.75) is 33.4 Å². The molecule has 0 aliphatic heterocycles. The van der Waals surface area contributed by atoms with E-state index in [1.165, 1.54) is 10.4 Å². The van der Waals surface area contributed by atoms with E-state index in [1.54, 1.807) is 17.5 Å². The molecule has 92 valence electrons. The summed E-state index contributed by atoms with van der Waals surface area (Å²) in [7, 11) is 0. The molecule has 0 aromatic carbocycles. The summed E-state index contributed by atoms with van der Waals surface area (Å²) in [6.45, 7) is 6.90. The van der Waals surface area contributed by atoms with Gasteiger partial charge in [-0.2, -0.15) is 5.10 Å². The minimum Gasteiger partial charge on any atom is -0.381 e. The van der Waals surface area contributed by atoms with Gasteiger partial charge in [-0.25, -0.2) is 0 Å². The van der Waals surface area contributed by atoms with E-state index in [1.807, 2.05) is 17.7 Å². The summed E-state index contributed by atoms with van der Waals surface area (Å²) in [4.78, 5) is 2.22. The molecule has 0 radical (unpaired) electrons. The van der Waals surface area contributed by atoms with Crippen molar-refractivity contribution in [1.29, 1.82) is 0 Å². The van der Waals surface area contributed by atoms with Crippen molar-refractivity contribution in [3.63, 3.8) is 0 Å². The summed E-state index contributed by atoms with van der Waals surface area (Å²) in [6, 6.07) is 2.05. The summed E-state index contributed by atoms with van der Waals surface area (Å²) in [5.74, 6) is 0. The molecule has 5 heteroatoms. The lowest BCUT2D eigenvalue weighted by Crippen LogP contribution is -2.08. The molecular weight excluding hydrogens is 300 g/mol. The Hall–Kier alpha value is -0.650. The summed E-state index contributed by atoms with van der Waals surface area (Å²) < 4.78 is 2.68. The van der Waals surface area contributed by atoms with Crippen LogP contribution in [0.4, 0.5) is 0 Å². The van der Waals surface area contributed by atoms with Gasteiger partial charge in [0.25, 0.3) is 0 Å². The third-order valence-electron chi connectivity index (χ3n) is 2.85. The van der Waals surface area contributed by atoms with Crippen LogP contribution in [0.15, 0.2) is 16.7 Å². The lowest BCUT2D eigenvalue weighted by Gasteiger charge is -2.11. The maximum Gasteiger partial charge on any atom is 0.131 e. The first-order chi connectivity index (χ1) is 8.04. The van der Waals surface area contributed by atoms with Crippen LogP contribution in [0.1, 0.15) is 34.0 Å². The highest BCUT2D eigenvalue weighted by Crippen LogP contribution is 2.33.